The molecule has 0 unspecified atom stereocenters. The van der Waals surface area contributed by atoms with Crippen molar-refractivity contribution in [3.8, 4) is 16.9 Å². The van der Waals surface area contributed by atoms with Gasteiger partial charge in [-0.3, -0.25) is 0 Å². The third-order valence-corrected chi connectivity index (χ3v) is 12.6. The second-order valence-corrected chi connectivity index (χ2v) is 16.2. The lowest BCUT2D eigenvalue weighted by atomic mass is 9.53. The van der Waals surface area contributed by atoms with Crippen LogP contribution in [-0.2, 0) is 22.6 Å². The minimum absolute atomic E-state index is 0.00161. The topological polar surface area (TPSA) is 89.0 Å². The smallest absolute Gasteiger partial charge is 0.315 e. The molecule has 0 radical (unpaired) electrons. The summed E-state index contributed by atoms with van der Waals surface area (Å²) in [5.74, 6) is 3.98. The Morgan fingerprint density at radius 3 is 2.24 bits per heavy atom. The summed E-state index contributed by atoms with van der Waals surface area (Å²) in [7, 11) is 1.70. The first kappa shape index (κ1) is 34.3. The second-order valence-electron chi connectivity index (χ2n) is 15.1. The van der Waals surface area contributed by atoms with Gasteiger partial charge in [-0.25, -0.2) is 4.79 Å². The Hall–Kier alpha value is -3.82. The van der Waals surface area contributed by atoms with E-state index in [-0.39, 0.29) is 30.4 Å². The van der Waals surface area contributed by atoms with Crippen LogP contribution in [0.25, 0.3) is 11.1 Å². The van der Waals surface area contributed by atoms with Crippen molar-refractivity contribution in [1.29, 1.82) is 0 Å². The molecule has 5 aliphatic rings. The van der Waals surface area contributed by atoms with Gasteiger partial charge in [0.25, 0.3) is 0 Å². The second kappa shape index (κ2) is 15.0. The number of benzene rings is 4. The highest BCUT2D eigenvalue weighted by Gasteiger charge is 2.51. The number of urea groups is 1. The van der Waals surface area contributed by atoms with Crippen LogP contribution in [0.4, 0.5) is 4.79 Å². The summed E-state index contributed by atoms with van der Waals surface area (Å²) in [6, 6.07) is 32.8. The number of para-hydroxylation sites is 1. The molecule has 266 valence electrons. The predicted molar refractivity (Wildman–Crippen MR) is 200 cm³/mol. The van der Waals surface area contributed by atoms with E-state index < -0.39 is 6.29 Å². The number of rotatable bonds is 11. The highest BCUT2D eigenvalue weighted by molar-refractivity contribution is 7.99. The van der Waals surface area contributed by atoms with E-state index in [2.05, 4.69) is 65.2 Å². The van der Waals surface area contributed by atoms with E-state index in [0.717, 1.165) is 86.8 Å². The van der Waals surface area contributed by atoms with Crippen molar-refractivity contribution in [2.24, 2.45) is 17.8 Å². The molecule has 5 fully saturated rings. The van der Waals surface area contributed by atoms with Crippen LogP contribution in [0.2, 0.25) is 0 Å². The summed E-state index contributed by atoms with van der Waals surface area (Å²) in [5, 5.41) is 16.2. The van der Waals surface area contributed by atoms with Gasteiger partial charge in [-0.2, -0.15) is 0 Å². The number of thioether (sulfide) groups is 1. The number of hydrogen-bond donors (Lipinski definition) is 3. The fourth-order valence-electron chi connectivity index (χ4n) is 9.40. The lowest BCUT2D eigenvalue weighted by molar-refractivity contribution is -0.245. The van der Waals surface area contributed by atoms with Crippen molar-refractivity contribution >= 4 is 17.8 Å². The number of carbonyl (C=O) groups is 1. The van der Waals surface area contributed by atoms with Gasteiger partial charge in [0.1, 0.15) is 5.75 Å². The fourth-order valence-corrected chi connectivity index (χ4v) is 10.4. The average molecular weight is 705 g/mol. The fraction of sp³-hybridized carbons (Fsp3) is 0.419. The van der Waals surface area contributed by atoms with Gasteiger partial charge in [0.2, 0.25) is 0 Å². The Balaban J connectivity index is 0.957. The maximum Gasteiger partial charge on any atom is 0.315 e. The summed E-state index contributed by atoms with van der Waals surface area (Å²) in [5.41, 5.74) is 6.09. The zero-order valence-corrected chi connectivity index (χ0v) is 30.1. The van der Waals surface area contributed by atoms with Crippen LogP contribution < -0.4 is 15.4 Å². The van der Waals surface area contributed by atoms with Gasteiger partial charge in [-0.1, -0.05) is 72.8 Å². The molecule has 3 atom stereocenters. The minimum atomic E-state index is -0.553. The quantitative estimate of drug-likeness (QED) is 0.135. The molecule has 4 bridgehead atoms. The molecule has 1 heterocycles. The number of nitrogens with one attached hydrogen (secondary N) is 2. The van der Waals surface area contributed by atoms with Crippen LogP contribution in [0.15, 0.2) is 102 Å². The third kappa shape index (κ3) is 7.85. The van der Waals surface area contributed by atoms with E-state index in [1.807, 2.05) is 42.5 Å². The molecule has 1 aliphatic heterocycles. The van der Waals surface area contributed by atoms with E-state index in [0.29, 0.717) is 13.0 Å². The highest BCUT2D eigenvalue weighted by Crippen LogP contribution is 2.55. The molecule has 3 N–H and O–H groups in total. The summed E-state index contributed by atoms with van der Waals surface area (Å²) >= 11 is 1.73. The number of amides is 2. The van der Waals surface area contributed by atoms with Crippen LogP contribution in [0, 0.1) is 17.8 Å². The first-order chi connectivity index (χ1) is 24.9. The van der Waals surface area contributed by atoms with Crippen LogP contribution in [0.1, 0.15) is 79.6 Å². The standard InChI is InChI=1S/C43H48N2O5S/c1-48-38-10-2-3-11-40(38)51-27-37-21-39(33-14-12-28(26-46)13-15-33)50-41(49-37)36-9-5-8-35(20-36)34-7-4-6-29(19-34)25-44-42(47)45-43-22-30-16-31(23-43)18-32(17-30)24-43/h2-15,19-20,30-32,37,39,41,46H,16-18,21-27H2,1H3,(H2,44,45,47)/t30?,31?,32?,37-,39+,41+,43?/m0/s1. The molecule has 4 aromatic rings. The molecule has 2 amide bonds. The number of ether oxygens (including phenoxy) is 3. The Bertz CT molecular complexity index is 1790. The minimum Gasteiger partial charge on any atom is -0.496 e. The van der Waals surface area contributed by atoms with Gasteiger partial charge in [-0.15, -0.1) is 11.8 Å². The molecule has 8 heteroatoms. The maximum atomic E-state index is 13.2. The Morgan fingerprint density at radius 1 is 0.804 bits per heavy atom. The molecule has 7 nitrogen and oxygen atoms in total. The van der Waals surface area contributed by atoms with E-state index in [9.17, 15) is 9.90 Å². The predicted octanol–water partition coefficient (Wildman–Crippen LogP) is 8.96. The Kier molecular flexibility index (Phi) is 10.1. The van der Waals surface area contributed by atoms with Crippen molar-refractivity contribution in [3.05, 3.63) is 119 Å². The first-order valence-corrected chi connectivity index (χ1v) is 19.4. The summed E-state index contributed by atoms with van der Waals surface area (Å²) in [6.07, 6.45) is 7.44. The zero-order chi connectivity index (χ0) is 34.8. The third-order valence-electron chi connectivity index (χ3n) is 11.4. The van der Waals surface area contributed by atoms with Crippen molar-refractivity contribution in [1.82, 2.24) is 10.6 Å². The van der Waals surface area contributed by atoms with Gasteiger partial charge in [-0.05, 0) is 108 Å². The maximum absolute atomic E-state index is 13.2. The number of aliphatic hydroxyl groups is 1. The van der Waals surface area contributed by atoms with Gasteiger partial charge in [0.05, 0.1) is 25.9 Å². The number of carbonyl (C=O) groups excluding carboxylic acids is 1. The van der Waals surface area contributed by atoms with E-state index in [1.165, 1.54) is 19.3 Å². The van der Waals surface area contributed by atoms with Crippen LogP contribution in [0.5, 0.6) is 5.75 Å². The van der Waals surface area contributed by atoms with E-state index >= 15 is 0 Å². The molecule has 1 saturated heterocycles. The SMILES string of the molecule is COc1ccccc1SC[C@@H]1C[C@H](c2ccc(CO)cc2)O[C@H](c2cccc(-c3cccc(CNC(=O)NC45CC6CC(CC(C6)C4)C5)c3)c2)O1. The van der Waals surface area contributed by atoms with Crippen molar-refractivity contribution in [2.75, 3.05) is 12.9 Å². The van der Waals surface area contributed by atoms with Crippen molar-refractivity contribution in [2.45, 2.75) is 87.0 Å². The Morgan fingerprint density at radius 2 is 1.51 bits per heavy atom. The molecular weight excluding hydrogens is 657 g/mol. The Labute approximate surface area is 305 Å². The normalized spacial score (nSPS) is 28.0. The molecule has 0 aromatic heterocycles. The number of methoxy groups -OCH3 is 1. The van der Waals surface area contributed by atoms with Gasteiger partial charge < -0.3 is 30.0 Å². The zero-order valence-electron chi connectivity index (χ0n) is 29.3. The van der Waals surface area contributed by atoms with E-state index in [1.54, 1.807) is 18.9 Å². The number of hydrogen-bond acceptors (Lipinski definition) is 6. The molecule has 0 spiro atoms. The van der Waals surface area contributed by atoms with Gasteiger partial charge in [0, 0.05) is 34.7 Å². The molecule has 4 saturated carbocycles. The lowest BCUT2D eigenvalue weighted by Crippen LogP contribution is -2.61. The van der Waals surface area contributed by atoms with Crippen LogP contribution in [0.3, 0.4) is 0 Å². The largest absolute Gasteiger partial charge is 0.496 e. The molecule has 4 aromatic carbocycles. The van der Waals surface area contributed by atoms with E-state index in [4.69, 9.17) is 14.2 Å². The highest BCUT2D eigenvalue weighted by atomic mass is 32.2. The summed E-state index contributed by atoms with van der Waals surface area (Å²) < 4.78 is 18.9. The molecule has 4 aliphatic carbocycles. The molecule has 51 heavy (non-hydrogen) atoms. The first-order valence-electron chi connectivity index (χ1n) is 18.5. The van der Waals surface area contributed by atoms with Gasteiger partial charge in [0.15, 0.2) is 6.29 Å². The van der Waals surface area contributed by atoms with Gasteiger partial charge >= 0.3 is 6.03 Å². The number of aliphatic hydroxyl groups excluding tert-OH is 1. The lowest BCUT2D eigenvalue weighted by Gasteiger charge is -2.56. The monoisotopic (exact) mass is 704 g/mol. The summed E-state index contributed by atoms with van der Waals surface area (Å²) in [6.45, 7) is 0.484. The van der Waals surface area contributed by atoms with Crippen molar-refractivity contribution < 1.29 is 24.1 Å². The molecular formula is C43H48N2O5S. The van der Waals surface area contributed by atoms with Crippen LogP contribution in [-0.4, -0.2) is 35.6 Å². The van der Waals surface area contributed by atoms with Crippen LogP contribution >= 0.6 is 11.8 Å². The summed E-state index contributed by atoms with van der Waals surface area (Å²) in [4.78, 5) is 14.2. The average Bonchev–Trinajstić information content (AvgIpc) is 3.16. The van der Waals surface area contributed by atoms with Crippen molar-refractivity contribution in [3.63, 3.8) is 0 Å². The molecule has 9 rings (SSSR count).